The molecule has 0 radical (unpaired) electrons. The van der Waals surface area contributed by atoms with E-state index in [1.807, 2.05) is 0 Å². The van der Waals surface area contributed by atoms with E-state index in [1.165, 1.54) is 6.33 Å². The summed E-state index contributed by atoms with van der Waals surface area (Å²) in [7, 11) is 0. The molecule has 0 aliphatic carbocycles. The number of rotatable bonds is 3. The minimum atomic E-state index is -4.49. The smallest absolute Gasteiger partial charge is 0.267 e. The summed E-state index contributed by atoms with van der Waals surface area (Å²) in [6.45, 7) is -1.55. The zero-order valence-corrected chi connectivity index (χ0v) is 7.28. The van der Waals surface area contributed by atoms with Crippen molar-refractivity contribution in [3.63, 3.8) is 0 Å². The van der Waals surface area contributed by atoms with E-state index in [0.29, 0.717) is 0 Å². The molecule has 1 amide bonds. The lowest BCUT2D eigenvalue weighted by Gasteiger charge is -2.07. The van der Waals surface area contributed by atoms with E-state index >= 15 is 0 Å². The zero-order valence-electron chi connectivity index (χ0n) is 7.28. The van der Waals surface area contributed by atoms with Crippen LogP contribution >= 0.6 is 0 Å². The molecule has 82 valence electrons. The lowest BCUT2D eigenvalue weighted by Crippen LogP contribution is -2.29. The molecule has 0 spiro atoms. The van der Waals surface area contributed by atoms with Gasteiger partial charge in [-0.15, -0.1) is 0 Å². The molecule has 0 unspecified atom stereocenters. The van der Waals surface area contributed by atoms with E-state index < -0.39 is 18.7 Å². The van der Waals surface area contributed by atoms with Crippen molar-refractivity contribution in [2.75, 3.05) is 6.61 Å². The fourth-order valence-electron chi connectivity index (χ4n) is 0.659. The third kappa shape index (κ3) is 4.36. The highest BCUT2D eigenvalue weighted by Gasteiger charge is 2.28. The lowest BCUT2D eigenvalue weighted by molar-refractivity contribution is -0.184. The molecule has 1 rings (SSSR count). The van der Waals surface area contributed by atoms with Crippen LogP contribution in [0.15, 0.2) is 18.7 Å². The molecule has 0 bridgehead atoms. The first-order valence-electron chi connectivity index (χ1n) is 3.73. The normalized spacial score (nSPS) is 11.1. The molecule has 0 aromatic carbocycles. The summed E-state index contributed by atoms with van der Waals surface area (Å²) in [5, 5.41) is 0. The summed E-state index contributed by atoms with van der Waals surface area (Å²) in [4.78, 5) is 22.0. The number of carbonyl (C=O) groups is 1. The maximum atomic E-state index is 11.6. The molecule has 5 nitrogen and oxygen atoms in total. The number of alkyl halides is 3. The van der Waals surface area contributed by atoms with Crippen LogP contribution in [-0.4, -0.2) is 28.7 Å². The van der Waals surface area contributed by atoms with Crippen molar-refractivity contribution in [3.05, 3.63) is 24.3 Å². The number of hydrogen-bond donors (Lipinski definition) is 1. The third-order valence-corrected chi connectivity index (χ3v) is 1.22. The maximum Gasteiger partial charge on any atom is 0.414 e. The quantitative estimate of drug-likeness (QED) is 0.763. The molecule has 0 saturated heterocycles. The zero-order chi connectivity index (χ0) is 11.3. The van der Waals surface area contributed by atoms with Crippen LogP contribution in [0.25, 0.3) is 0 Å². The molecule has 8 heteroatoms. The average molecular weight is 221 g/mol. The van der Waals surface area contributed by atoms with Crippen molar-refractivity contribution < 1.29 is 22.8 Å². The van der Waals surface area contributed by atoms with Gasteiger partial charge in [0.2, 0.25) is 0 Å². The van der Waals surface area contributed by atoms with Gasteiger partial charge in [-0.25, -0.2) is 15.4 Å². The third-order valence-electron chi connectivity index (χ3n) is 1.22. The molecule has 1 heterocycles. The first-order chi connectivity index (χ1) is 6.99. The van der Waals surface area contributed by atoms with Gasteiger partial charge in [-0.1, -0.05) is 0 Å². The van der Waals surface area contributed by atoms with Crippen LogP contribution in [0.2, 0.25) is 0 Å². The van der Waals surface area contributed by atoms with Crippen molar-refractivity contribution in [2.45, 2.75) is 6.18 Å². The minimum absolute atomic E-state index is 0.0136. The second-order valence-electron chi connectivity index (χ2n) is 2.46. The summed E-state index contributed by atoms with van der Waals surface area (Å²) in [6, 6.07) is 0. The molecule has 1 N–H and O–H groups in total. The number of hydrogen-bond acceptors (Lipinski definition) is 4. The highest BCUT2D eigenvalue weighted by Crippen LogP contribution is 2.13. The van der Waals surface area contributed by atoms with Gasteiger partial charge in [0, 0.05) is 12.4 Å². The van der Waals surface area contributed by atoms with Crippen LogP contribution in [0.1, 0.15) is 10.4 Å². The first-order valence-corrected chi connectivity index (χ1v) is 3.73. The summed E-state index contributed by atoms with van der Waals surface area (Å²) in [6.07, 6.45) is -0.994. The number of carbonyl (C=O) groups excluding carboxylic acids is 1. The molecule has 15 heavy (non-hydrogen) atoms. The van der Waals surface area contributed by atoms with Gasteiger partial charge in [0.05, 0.1) is 5.56 Å². The SMILES string of the molecule is O=C(NOCC(F)(F)F)c1cncnc1. The van der Waals surface area contributed by atoms with E-state index in [2.05, 4.69) is 14.8 Å². The van der Waals surface area contributed by atoms with Crippen LogP contribution in [-0.2, 0) is 4.84 Å². The van der Waals surface area contributed by atoms with E-state index in [0.717, 1.165) is 12.4 Å². The molecule has 1 aromatic heterocycles. The van der Waals surface area contributed by atoms with Crippen molar-refractivity contribution >= 4 is 5.91 Å². The first kappa shape index (κ1) is 11.4. The van der Waals surface area contributed by atoms with Gasteiger partial charge in [-0.2, -0.15) is 13.2 Å². The van der Waals surface area contributed by atoms with Gasteiger partial charge in [-0.05, 0) is 0 Å². The van der Waals surface area contributed by atoms with Gasteiger partial charge in [0.1, 0.15) is 6.33 Å². The Labute approximate surface area is 82.2 Å². The Morgan fingerprint density at radius 2 is 2.00 bits per heavy atom. The van der Waals surface area contributed by atoms with Gasteiger partial charge < -0.3 is 0 Å². The largest absolute Gasteiger partial charge is 0.414 e. The lowest BCUT2D eigenvalue weighted by atomic mass is 10.3. The van der Waals surface area contributed by atoms with E-state index in [9.17, 15) is 18.0 Å². The van der Waals surface area contributed by atoms with Gasteiger partial charge in [0.15, 0.2) is 6.61 Å². The highest BCUT2D eigenvalue weighted by atomic mass is 19.4. The van der Waals surface area contributed by atoms with Gasteiger partial charge in [-0.3, -0.25) is 9.63 Å². The summed E-state index contributed by atoms with van der Waals surface area (Å²) in [5.41, 5.74) is 1.63. The molecule has 1 aromatic rings. The van der Waals surface area contributed by atoms with Crippen LogP contribution < -0.4 is 5.48 Å². The Hall–Kier alpha value is -1.70. The van der Waals surface area contributed by atoms with Gasteiger partial charge >= 0.3 is 6.18 Å². The number of halogens is 3. The van der Waals surface area contributed by atoms with Crippen molar-refractivity contribution in [2.24, 2.45) is 0 Å². The van der Waals surface area contributed by atoms with Crippen LogP contribution in [0, 0.1) is 0 Å². The molecule has 0 aliphatic heterocycles. The van der Waals surface area contributed by atoms with E-state index in [4.69, 9.17) is 0 Å². The fourth-order valence-corrected chi connectivity index (χ4v) is 0.659. The van der Waals surface area contributed by atoms with Crippen LogP contribution in [0.5, 0.6) is 0 Å². The van der Waals surface area contributed by atoms with Crippen molar-refractivity contribution in [1.29, 1.82) is 0 Å². The topological polar surface area (TPSA) is 64.1 Å². The van der Waals surface area contributed by atoms with Crippen LogP contribution in [0.3, 0.4) is 0 Å². The van der Waals surface area contributed by atoms with Crippen LogP contribution in [0.4, 0.5) is 13.2 Å². The Balaban J connectivity index is 2.38. The minimum Gasteiger partial charge on any atom is -0.267 e. The number of hydroxylamine groups is 1. The fraction of sp³-hybridized carbons (Fsp3) is 0.286. The summed E-state index contributed by atoms with van der Waals surface area (Å²) >= 11 is 0. The molecule has 0 atom stereocenters. The molecule has 0 fully saturated rings. The predicted octanol–water partition coefficient (Wildman–Crippen LogP) is 0.700. The Kier molecular flexibility index (Phi) is 3.56. The molecular weight excluding hydrogens is 215 g/mol. The molecule has 0 aliphatic rings. The number of amides is 1. The number of nitrogens with one attached hydrogen (secondary N) is 1. The summed E-state index contributed by atoms with van der Waals surface area (Å²) < 4.78 is 34.8. The standard InChI is InChI=1S/C7H6F3N3O2/c8-7(9,10)3-15-13-6(14)5-1-11-4-12-2-5/h1-2,4H,3H2,(H,13,14). The van der Waals surface area contributed by atoms with Crippen molar-refractivity contribution in [1.82, 2.24) is 15.4 Å². The predicted molar refractivity (Wildman–Crippen MR) is 41.5 cm³/mol. The maximum absolute atomic E-state index is 11.6. The second-order valence-corrected chi connectivity index (χ2v) is 2.46. The van der Waals surface area contributed by atoms with Gasteiger partial charge in [0.25, 0.3) is 5.91 Å². The van der Waals surface area contributed by atoms with E-state index in [1.54, 1.807) is 5.48 Å². The Morgan fingerprint density at radius 3 is 2.53 bits per heavy atom. The Morgan fingerprint density at radius 1 is 1.40 bits per heavy atom. The summed E-state index contributed by atoms with van der Waals surface area (Å²) in [5.74, 6) is -0.833. The monoisotopic (exact) mass is 221 g/mol. The molecular formula is C7H6F3N3O2. The average Bonchev–Trinajstić information content (AvgIpc) is 2.17. The number of nitrogens with zero attached hydrogens (tertiary/aromatic N) is 2. The number of aromatic nitrogens is 2. The highest BCUT2D eigenvalue weighted by molar-refractivity contribution is 5.92. The second kappa shape index (κ2) is 4.69. The Bertz CT molecular complexity index is 328. The van der Waals surface area contributed by atoms with Crippen molar-refractivity contribution in [3.8, 4) is 0 Å². The molecule has 0 saturated carbocycles. The van der Waals surface area contributed by atoms with E-state index in [-0.39, 0.29) is 5.56 Å².